The van der Waals surface area contributed by atoms with Gasteiger partial charge in [0, 0.05) is 17.0 Å². The van der Waals surface area contributed by atoms with E-state index in [1.54, 1.807) is 18.2 Å². The molecule has 1 heterocycles. The number of non-ortho nitro benzene ring substituents is 1. The number of thiophene rings is 1. The number of carbonyl (C=O) groups excluding carboxylic acids is 1. The van der Waals surface area contributed by atoms with Crippen LogP contribution in [0, 0.1) is 10.1 Å². The molecule has 0 saturated heterocycles. The molecule has 0 amide bonds. The molecule has 0 N–H and O–H groups in total. The number of carboxylic acid groups (broad SMARTS) is 1. The van der Waals surface area contributed by atoms with Crippen LogP contribution in [0.1, 0.15) is 9.67 Å². The number of nitro benzene ring substituents is 1. The summed E-state index contributed by atoms with van der Waals surface area (Å²) in [4.78, 5) is 21.5. The molecule has 0 atom stereocenters. The molecule has 0 radical (unpaired) electrons. The molecule has 0 saturated carbocycles. The van der Waals surface area contributed by atoms with E-state index in [0.717, 1.165) is 21.8 Å². The second kappa shape index (κ2) is 4.34. The highest BCUT2D eigenvalue weighted by atomic mass is 32.1. The predicted octanol–water partition coefficient (Wildman–Crippen LogP) is 1.69. The van der Waals surface area contributed by atoms with Crippen molar-refractivity contribution in [3.8, 4) is 10.4 Å². The van der Waals surface area contributed by atoms with Gasteiger partial charge in [-0.25, -0.2) is 0 Å². The lowest BCUT2D eigenvalue weighted by molar-refractivity contribution is -0.384. The Morgan fingerprint density at radius 3 is 2.24 bits per heavy atom. The summed E-state index contributed by atoms with van der Waals surface area (Å²) in [7, 11) is 0. The Balaban J connectivity index is 2.33. The van der Waals surface area contributed by atoms with Gasteiger partial charge in [-0.2, -0.15) is 0 Å². The van der Waals surface area contributed by atoms with Gasteiger partial charge in [0.2, 0.25) is 0 Å². The van der Waals surface area contributed by atoms with Crippen LogP contribution < -0.4 is 5.11 Å². The number of hydrogen-bond acceptors (Lipinski definition) is 5. The molecule has 5 nitrogen and oxygen atoms in total. The Hall–Kier alpha value is -2.21. The molecule has 1 aromatic heterocycles. The standard InChI is InChI=1S/C11H7NO4S/c13-11(14)10-6-5-9(17-10)7-1-3-8(4-2-7)12(15)16/h1-6H,(H,13,14)/p-1. The van der Waals surface area contributed by atoms with Crippen molar-refractivity contribution < 1.29 is 14.8 Å². The molecule has 17 heavy (non-hydrogen) atoms. The summed E-state index contributed by atoms with van der Waals surface area (Å²) in [5.41, 5.74) is 0.749. The van der Waals surface area contributed by atoms with Crippen molar-refractivity contribution in [3.05, 3.63) is 51.4 Å². The molecule has 86 valence electrons. The largest absolute Gasteiger partial charge is 0.544 e. The van der Waals surface area contributed by atoms with Gasteiger partial charge >= 0.3 is 0 Å². The third kappa shape index (κ3) is 2.31. The van der Waals surface area contributed by atoms with Crippen molar-refractivity contribution in [2.75, 3.05) is 0 Å². The van der Waals surface area contributed by atoms with Gasteiger partial charge in [-0.15, -0.1) is 11.3 Å². The first kappa shape index (κ1) is 11.3. The quantitative estimate of drug-likeness (QED) is 0.611. The zero-order valence-electron chi connectivity index (χ0n) is 8.45. The van der Waals surface area contributed by atoms with E-state index in [4.69, 9.17) is 0 Å². The summed E-state index contributed by atoms with van der Waals surface area (Å²) in [6.07, 6.45) is 0. The van der Waals surface area contributed by atoms with E-state index in [9.17, 15) is 20.0 Å². The van der Waals surface area contributed by atoms with Crippen molar-refractivity contribution >= 4 is 23.0 Å². The van der Waals surface area contributed by atoms with E-state index in [1.807, 2.05) is 0 Å². The molecule has 0 aliphatic carbocycles. The molecule has 0 aliphatic rings. The summed E-state index contributed by atoms with van der Waals surface area (Å²) in [5.74, 6) is -1.22. The third-order valence-corrected chi connectivity index (χ3v) is 3.28. The zero-order valence-corrected chi connectivity index (χ0v) is 9.27. The monoisotopic (exact) mass is 248 g/mol. The molecule has 0 fully saturated rings. The first-order valence-corrected chi connectivity index (χ1v) is 5.45. The van der Waals surface area contributed by atoms with Gasteiger partial charge in [0.25, 0.3) is 5.69 Å². The van der Waals surface area contributed by atoms with Crippen LogP contribution in [0.25, 0.3) is 10.4 Å². The van der Waals surface area contributed by atoms with Crippen LogP contribution in [0.15, 0.2) is 36.4 Å². The van der Waals surface area contributed by atoms with Crippen LogP contribution in [0.5, 0.6) is 0 Å². The van der Waals surface area contributed by atoms with E-state index in [-0.39, 0.29) is 10.6 Å². The first-order valence-electron chi connectivity index (χ1n) is 4.64. The maximum Gasteiger partial charge on any atom is 0.269 e. The van der Waals surface area contributed by atoms with Crippen LogP contribution in [0.2, 0.25) is 0 Å². The zero-order chi connectivity index (χ0) is 12.4. The highest BCUT2D eigenvalue weighted by Crippen LogP contribution is 2.29. The molecule has 0 unspecified atom stereocenters. The Labute approximate surface area is 100 Å². The van der Waals surface area contributed by atoms with Crippen molar-refractivity contribution in [1.82, 2.24) is 0 Å². The highest BCUT2D eigenvalue weighted by Gasteiger charge is 2.07. The molecular formula is C11H6NO4S-. The number of benzene rings is 1. The van der Waals surface area contributed by atoms with Gasteiger partial charge in [0.1, 0.15) is 0 Å². The summed E-state index contributed by atoms with van der Waals surface area (Å²) in [6.45, 7) is 0. The molecular weight excluding hydrogens is 242 g/mol. The third-order valence-electron chi connectivity index (χ3n) is 2.17. The number of carbonyl (C=O) groups is 1. The van der Waals surface area contributed by atoms with E-state index in [1.165, 1.54) is 18.2 Å². The summed E-state index contributed by atoms with van der Waals surface area (Å²) < 4.78 is 0. The van der Waals surface area contributed by atoms with Crippen LogP contribution in [0.4, 0.5) is 5.69 Å². The maximum absolute atomic E-state index is 10.6. The lowest BCUT2D eigenvalue weighted by Crippen LogP contribution is -2.20. The molecule has 2 rings (SSSR count). The molecule has 2 aromatic rings. The van der Waals surface area contributed by atoms with E-state index < -0.39 is 10.9 Å². The lowest BCUT2D eigenvalue weighted by atomic mass is 10.2. The number of hydrogen-bond donors (Lipinski definition) is 0. The normalized spacial score (nSPS) is 10.1. The molecule has 0 aliphatic heterocycles. The van der Waals surface area contributed by atoms with Crippen LogP contribution in [-0.2, 0) is 0 Å². The average Bonchev–Trinajstić information content (AvgIpc) is 2.78. The SMILES string of the molecule is O=C([O-])c1ccc(-c2ccc([N+](=O)[O-])cc2)s1. The molecule has 1 aromatic carbocycles. The fourth-order valence-corrected chi connectivity index (χ4v) is 2.20. The summed E-state index contributed by atoms with van der Waals surface area (Å²) >= 11 is 1.08. The Kier molecular flexibility index (Phi) is 2.88. The number of nitro groups is 1. The molecule has 0 spiro atoms. The van der Waals surface area contributed by atoms with Crippen molar-refractivity contribution in [1.29, 1.82) is 0 Å². The van der Waals surface area contributed by atoms with E-state index >= 15 is 0 Å². The fraction of sp³-hybridized carbons (Fsp3) is 0. The van der Waals surface area contributed by atoms with Crippen LogP contribution in [-0.4, -0.2) is 10.9 Å². The number of rotatable bonds is 3. The van der Waals surface area contributed by atoms with E-state index in [2.05, 4.69) is 0 Å². The minimum absolute atomic E-state index is 0.00503. The fourth-order valence-electron chi connectivity index (χ4n) is 1.35. The van der Waals surface area contributed by atoms with Gasteiger partial charge in [-0.1, -0.05) is 0 Å². The number of carboxylic acids is 1. The smallest absolute Gasteiger partial charge is 0.269 e. The van der Waals surface area contributed by atoms with Gasteiger partial charge in [0.05, 0.1) is 15.8 Å². The number of aromatic carboxylic acids is 1. The summed E-state index contributed by atoms with van der Waals surface area (Å²) in [5, 5.41) is 21.1. The van der Waals surface area contributed by atoms with Crippen LogP contribution >= 0.6 is 11.3 Å². The second-order valence-corrected chi connectivity index (χ2v) is 4.34. The molecule has 6 heteroatoms. The van der Waals surface area contributed by atoms with E-state index in [0.29, 0.717) is 0 Å². The maximum atomic E-state index is 10.6. The first-order chi connectivity index (χ1) is 8.08. The summed E-state index contributed by atoms with van der Waals surface area (Å²) in [6, 6.07) is 9.04. The Morgan fingerprint density at radius 2 is 1.76 bits per heavy atom. The predicted molar refractivity (Wildman–Crippen MR) is 60.7 cm³/mol. The average molecular weight is 248 g/mol. The van der Waals surface area contributed by atoms with Crippen molar-refractivity contribution in [3.63, 3.8) is 0 Å². The van der Waals surface area contributed by atoms with Crippen molar-refractivity contribution in [2.45, 2.75) is 0 Å². The minimum atomic E-state index is -1.22. The van der Waals surface area contributed by atoms with Gasteiger partial charge in [-0.05, 0) is 29.8 Å². The highest BCUT2D eigenvalue weighted by molar-refractivity contribution is 7.17. The molecule has 0 bridgehead atoms. The topological polar surface area (TPSA) is 83.3 Å². The minimum Gasteiger partial charge on any atom is -0.544 e. The van der Waals surface area contributed by atoms with Gasteiger partial charge < -0.3 is 9.90 Å². The van der Waals surface area contributed by atoms with Gasteiger partial charge in [-0.3, -0.25) is 10.1 Å². The second-order valence-electron chi connectivity index (χ2n) is 3.26. The van der Waals surface area contributed by atoms with Crippen molar-refractivity contribution in [2.24, 2.45) is 0 Å². The Morgan fingerprint density at radius 1 is 1.12 bits per heavy atom. The van der Waals surface area contributed by atoms with Gasteiger partial charge in [0.15, 0.2) is 0 Å². The lowest BCUT2D eigenvalue weighted by Gasteiger charge is -1.97. The Bertz CT molecular complexity index is 573. The number of nitrogens with zero attached hydrogens (tertiary/aromatic N) is 1. The van der Waals surface area contributed by atoms with Crippen LogP contribution in [0.3, 0.4) is 0 Å².